The lowest BCUT2D eigenvalue weighted by atomic mass is 9.97. The number of halogens is 1. The molecule has 3 nitrogen and oxygen atoms in total. The maximum atomic E-state index is 5.52. The van der Waals surface area contributed by atoms with Gasteiger partial charge in [-0.25, -0.2) is 0 Å². The van der Waals surface area contributed by atoms with Crippen LogP contribution in [0.3, 0.4) is 0 Å². The van der Waals surface area contributed by atoms with Gasteiger partial charge < -0.3 is 14.8 Å². The summed E-state index contributed by atoms with van der Waals surface area (Å²) in [6, 6.07) is 6.70. The molecular formula is C14H22ClNO2. The van der Waals surface area contributed by atoms with Crippen molar-refractivity contribution in [2.24, 2.45) is 0 Å². The van der Waals surface area contributed by atoms with E-state index < -0.39 is 0 Å². The van der Waals surface area contributed by atoms with Crippen molar-refractivity contribution in [2.45, 2.75) is 32.2 Å². The lowest BCUT2D eigenvalue weighted by Crippen LogP contribution is -2.26. The Morgan fingerprint density at radius 1 is 1.28 bits per heavy atom. The fourth-order valence-electron chi connectivity index (χ4n) is 2.31. The Hall–Kier alpha value is -0.930. The van der Waals surface area contributed by atoms with Crippen molar-refractivity contribution in [3.63, 3.8) is 0 Å². The Morgan fingerprint density at radius 2 is 2.11 bits per heavy atom. The topological polar surface area (TPSA) is 30.5 Å². The van der Waals surface area contributed by atoms with Crippen molar-refractivity contribution in [1.82, 2.24) is 5.32 Å². The largest absolute Gasteiger partial charge is 0.493 e. The fourth-order valence-corrected chi connectivity index (χ4v) is 2.31. The van der Waals surface area contributed by atoms with Gasteiger partial charge in [0.25, 0.3) is 0 Å². The molecule has 1 N–H and O–H groups in total. The predicted molar refractivity (Wildman–Crippen MR) is 76.0 cm³/mol. The van der Waals surface area contributed by atoms with Crippen molar-refractivity contribution in [3.8, 4) is 11.5 Å². The first-order valence-corrected chi connectivity index (χ1v) is 6.39. The standard InChI is InChI=1S/C14H21NO2.ClH/c1-3-17-13-8-7-11(10-14(13)16-2)12-6-4-5-9-15-12;/h7-8,10,12,15H,3-6,9H2,1-2H3;1H/t12-;/m1./s1. The molecule has 18 heavy (non-hydrogen) atoms. The van der Waals surface area contributed by atoms with E-state index in [1.807, 2.05) is 13.0 Å². The average molecular weight is 272 g/mol. The highest BCUT2D eigenvalue weighted by Gasteiger charge is 2.16. The molecule has 1 atom stereocenters. The maximum absolute atomic E-state index is 5.52. The third-order valence-corrected chi connectivity index (χ3v) is 3.20. The van der Waals surface area contributed by atoms with Gasteiger partial charge in [0.2, 0.25) is 0 Å². The Kier molecular flexibility index (Phi) is 6.30. The highest BCUT2D eigenvalue weighted by Crippen LogP contribution is 2.32. The van der Waals surface area contributed by atoms with Crippen LogP contribution in [0.1, 0.15) is 37.8 Å². The minimum absolute atomic E-state index is 0. The molecule has 1 fully saturated rings. The van der Waals surface area contributed by atoms with E-state index >= 15 is 0 Å². The van der Waals surface area contributed by atoms with E-state index in [1.165, 1.54) is 24.8 Å². The molecule has 0 radical (unpaired) electrons. The summed E-state index contributed by atoms with van der Waals surface area (Å²) in [6.45, 7) is 3.76. The monoisotopic (exact) mass is 271 g/mol. The van der Waals surface area contributed by atoms with Crippen LogP contribution in [0.4, 0.5) is 0 Å². The van der Waals surface area contributed by atoms with E-state index in [4.69, 9.17) is 9.47 Å². The zero-order valence-electron chi connectivity index (χ0n) is 11.1. The van der Waals surface area contributed by atoms with Crippen LogP contribution in [-0.4, -0.2) is 20.3 Å². The van der Waals surface area contributed by atoms with E-state index in [-0.39, 0.29) is 12.4 Å². The lowest BCUT2D eigenvalue weighted by molar-refractivity contribution is 0.310. The summed E-state index contributed by atoms with van der Waals surface area (Å²) in [6.07, 6.45) is 3.79. The van der Waals surface area contributed by atoms with E-state index in [9.17, 15) is 0 Å². The Balaban J connectivity index is 0.00000162. The second-order valence-electron chi connectivity index (χ2n) is 4.35. The smallest absolute Gasteiger partial charge is 0.161 e. The van der Waals surface area contributed by atoms with Gasteiger partial charge in [0, 0.05) is 6.04 Å². The number of ether oxygens (including phenoxy) is 2. The van der Waals surface area contributed by atoms with E-state index in [1.54, 1.807) is 7.11 Å². The molecule has 1 aromatic carbocycles. The fraction of sp³-hybridized carbons (Fsp3) is 0.571. The van der Waals surface area contributed by atoms with Crippen molar-refractivity contribution < 1.29 is 9.47 Å². The molecule has 0 spiro atoms. The van der Waals surface area contributed by atoms with Crippen LogP contribution < -0.4 is 14.8 Å². The van der Waals surface area contributed by atoms with Gasteiger partial charge in [-0.1, -0.05) is 12.5 Å². The maximum Gasteiger partial charge on any atom is 0.161 e. The van der Waals surface area contributed by atoms with Gasteiger partial charge in [0.05, 0.1) is 13.7 Å². The van der Waals surface area contributed by atoms with Crippen LogP contribution in [0, 0.1) is 0 Å². The van der Waals surface area contributed by atoms with Gasteiger partial charge in [-0.05, 0) is 44.0 Å². The van der Waals surface area contributed by atoms with Gasteiger partial charge in [-0.3, -0.25) is 0 Å². The molecule has 102 valence electrons. The van der Waals surface area contributed by atoms with Crippen LogP contribution in [0.15, 0.2) is 18.2 Å². The first-order valence-electron chi connectivity index (χ1n) is 6.39. The zero-order valence-corrected chi connectivity index (χ0v) is 11.9. The quantitative estimate of drug-likeness (QED) is 0.911. The van der Waals surface area contributed by atoms with Gasteiger partial charge >= 0.3 is 0 Å². The summed E-state index contributed by atoms with van der Waals surface area (Å²) in [5.74, 6) is 1.66. The molecule has 1 aliphatic heterocycles. The van der Waals surface area contributed by atoms with Crippen molar-refractivity contribution >= 4 is 12.4 Å². The second-order valence-corrected chi connectivity index (χ2v) is 4.35. The van der Waals surface area contributed by atoms with Gasteiger partial charge in [-0.15, -0.1) is 12.4 Å². The highest BCUT2D eigenvalue weighted by molar-refractivity contribution is 5.85. The molecule has 1 aromatic rings. The molecule has 4 heteroatoms. The van der Waals surface area contributed by atoms with Crippen LogP contribution in [-0.2, 0) is 0 Å². The normalized spacial score (nSPS) is 18.9. The first kappa shape index (κ1) is 15.1. The van der Waals surface area contributed by atoms with Crippen molar-refractivity contribution in [3.05, 3.63) is 23.8 Å². The molecule has 1 aliphatic rings. The highest BCUT2D eigenvalue weighted by atomic mass is 35.5. The summed E-state index contributed by atoms with van der Waals surface area (Å²) in [4.78, 5) is 0. The number of hydrogen-bond donors (Lipinski definition) is 1. The molecule has 0 unspecified atom stereocenters. The lowest BCUT2D eigenvalue weighted by Gasteiger charge is -2.24. The Bertz CT molecular complexity index is 365. The summed E-state index contributed by atoms with van der Waals surface area (Å²) in [7, 11) is 1.69. The number of rotatable bonds is 4. The Labute approximate surface area is 115 Å². The molecule has 0 bridgehead atoms. The van der Waals surface area contributed by atoms with Crippen LogP contribution in [0.2, 0.25) is 0 Å². The molecule has 1 heterocycles. The number of piperidine rings is 1. The first-order chi connectivity index (χ1) is 8.35. The minimum atomic E-state index is 0. The summed E-state index contributed by atoms with van der Waals surface area (Å²) < 4.78 is 10.9. The third-order valence-electron chi connectivity index (χ3n) is 3.20. The van der Waals surface area contributed by atoms with E-state index in [2.05, 4.69) is 17.4 Å². The summed E-state index contributed by atoms with van der Waals surface area (Å²) in [5.41, 5.74) is 1.30. The number of nitrogens with one attached hydrogen (secondary N) is 1. The number of benzene rings is 1. The van der Waals surface area contributed by atoms with Gasteiger partial charge in [0.1, 0.15) is 0 Å². The van der Waals surface area contributed by atoms with Crippen LogP contribution in [0.25, 0.3) is 0 Å². The third kappa shape index (κ3) is 3.53. The van der Waals surface area contributed by atoms with Crippen LogP contribution >= 0.6 is 12.4 Å². The molecule has 0 aliphatic carbocycles. The van der Waals surface area contributed by atoms with Crippen molar-refractivity contribution in [1.29, 1.82) is 0 Å². The second kappa shape index (κ2) is 7.49. The summed E-state index contributed by atoms with van der Waals surface area (Å²) in [5, 5.41) is 3.54. The zero-order chi connectivity index (χ0) is 12.1. The molecule has 0 amide bonds. The molecule has 1 saturated heterocycles. The minimum Gasteiger partial charge on any atom is -0.493 e. The predicted octanol–water partition coefficient (Wildman–Crippen LogP) is 3.33. The van der Waals surface area contributed by atoms with Crippen LogP contribution in [0.5, 0.6) is 11.5 Å². The van der Waals surface area contributed by atoms with Crippen molar-refractivity contribution in [2.75, 3.05) is 20.3 Å². The van der Waals surface area contributed by atoms with E-state index in [0.29, 0.717) is 12.6 Å². The van der Waals surface area contributed by atoms with Gasteiger partial charge in [-0.2, -0.15) is 0 Å². The number of hydrogen-bond acceptors (Lipinski definition) is 3. The van der Waals surface area contributed by atoms with E-state index in [0.717, 1.165) is 18.0 Å². The number of methoxy groups -OCH3 is 1. The SMILES string of the molecule is CCOc1ccc([C@H]2CCCCN2)cc1OC.Cl. The molecule has 0 aromatic heterocycles. The molecule has 2 rings (SSSR count). The summed E-state index contributed by atoms with van der Waals surface area (Å²) >= 11 is 0. The van der Waals surface area contributed by atoms with Gasteiger partial charge in [0.15, 0.2) is 11.5 Å². The molecular weight excluding hydrogens is 250 g/mol. The Morgan fingerprint density at radius 3 is 2.72 bits per heavy atom. The molecule has 0 saturated carbocycles. The average Bonchev–Trinajstić information content (AvgIpc) is 2.40.